The Balaban J connectivity index is 1.76. The fraction of sp³-hybridized carbons (Fsp3) is 0.222. The van der Waals surface area contributed by atoms with Crippen LogP contribution in [-0.2, 0) is 20.9 Å². The lowest BCUT2D eigenvalue weighted by molar-refractivity contribution is -0.156. The van der Waals surface area contributed by atoms with Crippen molar-refractivity contribution >= 4 is 23.5 Å². The summed E-state index contributed by atoms with van der Waals surface area (Å²) in [6, 6.07) is 9.10. The molecule has 0 radical (unpaired) electrons. The van der Waals surface area contributed by atoms with E-state index in [1.54, 1.807) is 0 Å². The van der Waals surface area contributed by atoms with Gasteiger partial charge in [0.2, 0.25) is 0 Å². The minimum Gasteiger partial charge on any atom is -0.480 e. The van der Waals surface area contributed by atoms with Crippen molar-refractivity contribution in [1.82, 2.24) is 5.32 Å². The zero-order valence-electron chi connectivity index (χ0n) is 13.8. The third-order valence-corrected chi connectivity index (χ3v) is 3.59. The van der Waals surface area contributed by atoms with Crippen LogP contribution in [0.15, 0.2) is 42.5 Å². The second kappa shape index (κ2) is 9.15. The lowest BCUT2D eigenvalue weighted by atomic mass is 10.2. The fourth-order valence-corrected chi connectivity index (χ4v) is 2.17. The molecular weight excluding hydrogens is 368 g/mol. The van der Waals surface area contributed by atoms with Gasteiger partial charge < -0.3 is 14.8 Å². The number of nitrogens with one attached hydrogen (secondary N) is 1. The molecule has 0 aliphatic rings. The van der Waals surface area contributed by atoms with Crippen molar-refractivity contribution in [2.45, 2.75) is 19.6 Å². The number of carbonyl (C=O) groups is 2. The summed E-state index contributed by atoms with van der Waals surface area (Å²) in [4.78, 5) is 23.7. The highest BCUT2D eigenvalue weighted by Gasteiger charge is 2.18. The number of carbonyl (C=O) groups excluding carboxylic acids is 2. The number of amides is 1. The lowest BCUT2D eigenvalue weighted by Gasteiger charge is -2.14. The van der Waals surface area contributed by atoms with Crippen molar-refractivity contribution in [1.29, 1.82) is 0 Å². The van der Waals surface area contributed by atoms with Crippen LogP contribution in [0.3, 0.4) is 0 Å². The van der Waals surface area contributed by atoms with Gasteiger partial charge in [0.1, 0.15) is 17.4 Å². The van der Waals surface area contributed by atoms with E-state index in [1.165, 1.54) is 37.3 Å². The van der Waals surface area contributed by atoms with Gasteiger partial charge in [0.05, 0.1) is 5.02 Å². The zero-order chi connectivity index (χ0) is 19.1. The molecule has 2 aromatic rings. The van der Waals surface area contributed by atoms with Crippen LogP contribution < -0.4 is 10.1 Å². The molecule has 138 valence electrons. The smallest absolute Gasteiger partial charge is 0.344 e. The van der Waals surface area contributed by atoms with Gasteiger partial charge in [0.25, 0.3) is 5.91 Å². The zero-order valence-corrected chi connectivity index (χ0v) is 14.6. The summed E-state index contributed by atoms with van der Waals surface area (Å²) in [5.74, 6) is -2.07. The number of halogens is 3. The molecule has 0 fully saturated rings. The summed E-state index contributed by atoms with van der Waals surface area (Å²) in [6.07, 6.45) is -1.05. The Morgan fingerprint density at radius 2 is 1.77 bits per heavy atom. The standard InChI is InChI=1S/C18H16ClF2NO4/c1-11(18(24)22-9-12-2-4-13(20)5-3-12)26-17(23)10-25-16-7-6-14(21)8-15(16)19/h2-8,11H,9-10H2,1H3,(H,22,24)/t11-/m0/s1. The molecule has 0 saturated heterocycles. The normalized spacial score (nSPS) is 11.5. The van der Waals surface area contributed by atoms with Crippen molar-refractivity contribution in [2.24, 2.45) is 0 Å². The maximum atomic E-state index is 12.9. The van der Waals surface area contributed by atoms with Gasteiger partial charge in [0.15, 0.2) is 12.7 Å². The van der Waals surface area contributed by atoms with E-state index in [0.717, 1.165) is 12.1 Å². The second-order valence-electron chi connectivity index (χ2n) is 5.34. The Kier molecular flexibility index (Phi) is 6.91. The van der Waals surface area contributed by atoms with E-state index in [1.807, 2.05) is 0 Å². The number of benzene rings is 2. The lowest BCUT2D eigenvalue weighted by Crippen LogP contribution is -2.36. The number of rotatable bonds is 7. The SMILES string of the molecule is C[C@H](OC(=O)COc1ccc(F)cc1Cl)C(=O)NCc1ccc(F)cc1. The number of hydrogen-bond donors (Lipinski definition) is 1. The molecule has 0 bridgehead atoms. The maximum absolute atomic E-state index is 12.9. The molecule has 8 heteroatoms. The van der Waals surface area contributed by atoms with E-state index in [0.29, 0.717) is 5.56 Å². The molecule has 2 aromatic carbocycles. The molecule has 1 amide bonds. The fourth-order valence-electron chi connectivity index (χ4n) is 1.95. The first kappa shape index (κ1) is 19.7. The van der Waals surface area contributed by atoms with Gasteiger partial charge in [-0.1, -0.05) is 23.7 Å². The van der Waals surface area contributed by atoms with Gasteiger partial charge in [-0.05, 0) is 42.8 Å². The van der Waals surface area contributed by atoms with Gasteiger partial charge in [-0.25, -0.2) is 13.6 Å². The summed E-state index contributed by atoms with van der Waals surface area (Å²) in [5.41, 5.74) is 0.701. The van der Waals surface area contributed by atoms with Crippen molar-refractivity contribution in [3.05, 3.63) is 64.7 Å². The molecule has 2 rings (SSSR count). The predicted octanol–water partition coefficient (Wildman–Crippen LogP) is 3.25. The average Bonchev–Trinajstić information content (AvgIpc) is 2.60. The van der Waals surface area contributed by atoms with Gasteiger partial charge >= 0.3 is 5.97 Å². The van der Waals surface area contributed by atoms with Crippen LogP contribution in [-0.4, -0.2) is 24.6 Å². The molecule has 0 saturated carbocycles. The summed E-state index contributed by atoms with van der Waals surface area (Å²) in [7, 11) is 0. The molecule has 5 nitrogen and oxygen atoms in total. The predicted molar refractivity (Wildman–Crippen MR) is 90.7 cm³/mol. The summed E-state index contributed by atoms with van der Waals surface area (Å²) in [6.45, 7) is 1.09. The molecule has 0 spiro atoms. The average molecular weight is 384 g/mol. The quantitative estimate of drug-likeness (QED) is 0.745. The van der Waals surface area contributed by atoms with Crippen LogP contribution in [0.4, 0.5) is 8.78 Å². The van der Waals surface area contributed by atoms with Gasteiger partial charge in [0, 0.05) is 6.54 Å². The first-order chi connectivity index (χ1) is 12.3. The van der Waals surface area contributed by atoms with Crippen LogP contribution in [0.1, 0.15) is 12.5 Å². The molecule has 26 heavy (non-hydrogen) atoms. The van der Waals surface area contributed by atoms with Gasteiger partial charge in [-0.2, -0.15) is 0 Å². The van der Waals surface area contributed by atoms with Crippen LogP contribution >= 0.6 is 11.6 Å². The second-order valence-corrected chi connectivity index (χ2v) is 5.75. The Labute approximate surface area is 153 Å². The Bertz CT molecular complexity index is 783. The van der Waals surface area contributed by atoms with Crippen molar-refractivity contribution < 1.29 is 27.8 Å². The Hall–Kier alpha value is -2.67. The van der Waals surface area contributed by atoms with Crippen LogP contribution in [0, 0.1) is 11.6 Å². The van der Waals surface area contributed by atoms with E-state index in [-0.39, 0.29) is 23.1 Å². The topological polar surface area (TPSA) is 64.6 Å². The highest BCUT2D eigenvalue weighted by molar-refractivity contribution is 6.32. The number of esters is 1. The minimum absolute atomic E-state index is 0.0166. The first-order valence-electron chi connectivity index (χ1n) is 7.64. The third-order valence-electron chi connectivity index (χ3n) is 3.30. The molecular formula is C18H16ClF2NO4. The van der Waals surface area contributed by atoms with Gasteiger partial charge in [-0.15, -0.1) is 0 Å². The minimum atomic E-state index is -1.05. The molecule has 0 aliphatic carbocycles. The highest BCUT2D eigenvalue weighted by Crippen LogP contribution is 2.24. The molecule has 0 aromatic heterocycles. The third kappa shape index (κ3) is 6.00. The Morgan fingerprint density at radius 1 is 1.12 bits per heavy atom. The van der Waals surface area contributed by atoms with Gasteiger partial charge in [-0.3, -0.25) is 4.79 Å². The highest BCUT2D eigenvalue weighted by atomic mass is 35.5. The maximum Gasteiger partial charge on any atom is 0.344 e. The van der Waals surface area contributed by atoms with E-state index in [4.69, 9.17) is 21.1 Å². The molecule has 0 unspecified atom stereocenters. The van der Waals surface area contributed by atoms with Crippen molar-refractivity contribution in [3.8, 4) is 5.75 Å². The largest absolute Gasteiger partial charge is 0.480 e. The molecule has 0 aliphatic heterocycles. The van der Waals surface area contributed by atoms with Crippen molar-refractivity contribution in [3.63, 3.8) is 0 Å². The molecule has 1 atom stereocenters. The van der Waals surface area contributed by atoms with E-state index >= 15 is 0 Å². The Morgan fingerprint density at radius 3 is 2.42 bits per heavy atom. The molecule has 0 heterocycles. The van der Waals surface area contributed by atoms with E-state index in [2.05, 4.69) is 5.32 Å². The van der Waals surface area contributed by atoms with E-state index in [9.17, 15) is 18.4 Å². The van der Waals surface area contributed by atoms with Crippen LogP contribution in [0.25, 0.3) is 0 Å². The summed E-state index contributed by atoms with van der Waals surface area (Å²) in [5, 5.41) is 2.59. The number of hydrogen-bond acceptors (Lipinski definition) is 4. The number of ether oxygens (including phenoxy) is 2. The van der Waals surface area contributed by atoms with E-state index < -0.39 is 30.4 Å². The summed E-state index contributed by atoms with van der Waals surface area (Å²) >= 11 is 5.77. The van der Waals surface area contributed by atoms with Crippen molar-refractivity contribution in [2.75, 3.05) is 6.61 Å². The monoisotopic (exact) mass is 383 g/mol. The summed E-state index contributed by atoms with van der Waals surface area (Å²) < 4.78 is 35.8. The van der Waals surface area contributed by atoms with Crippen LogP contribution in [0.2, 0.25) is 5.02 Å². The molecule has 1 N–H and O–H groups in total. The van der Waals surface area contributed by atoms with Crippen LogP contribution in [0.5, 0.6) is 5.75 Å². The first-order valence-corrected chi connectivity index (χ1v) is 8.02.